The molecular weight excluding hydrogens is 363 g/mol. The maximum Gasteiger partial charge on any atom is 0.153 e. The van der Waals surface area contributed by atoms with E-state index in [0.717, 1.165) is 15.6 Å². The Morgan fingerprint density at radius 2 is 2.00 bits per heavy atom. The van der Waals surface area contributed by atoms with Crippen molar-refractivity contribution in [1.29, 1.82) is 0 Å². The second-order valence-electron chi connectivity index (χ2n) is 5.12. The van der Waals surface area contributed by atoms with Crippen LogP contribution in [0.3, 0.4) is 0 Å². The van der Waals surface area contributed by atoms with Crippen LogP contribution < -0.4 is 0 Å². The van der Waals surface area contributed by atoms with Crippen LogP contribution in [0.25, 0.3) is 0 Å². The van der Waals surface area contributed by atoms with E-state index < -0.39 is 20.7 Å². The minimum absolute atomic E-state index is 0.418. The summed E-state index contributed by atoms with van der Waals surface area (Å²) >= 11 is 2.22. The smallest absolute Gasteiger partial charge is 0.153 e. The number of halogens is 1. The SMILES string of the molecule is CS(=O)(=O)C1CCCC1(O)Cc1ccc(I)cc1. The lowest BCUT2D eigenvalue weighted by atomic mass is 9.93. The molecule has 0 spiro atoms. The Hall–Kier alpha value is -0.140. The number of benzene rings is 1. The Morgan fingerprint density at radius 1 is 1.39 bits per heavy atom. The van der Waals surface area contributed by atoms with E-state index in [0.29, 0.717) is 19.3 Å². The molecule has 1 N–H and O–H groups in total. The van der Waals surface area contributed by atoms with Crippen LogP contribution in [0, 0.1) is 3.57 Å². The molecule has 2 unspecified atom stereocenters. The van der Waals surface area contributed by atoms with E-state index in [-0.39, 0.29) is 0 Å². The van der Waals surface area contributed by atoms with Crippen LogP contribution in [0.5, 0.6) is 0 Å². The molecule has 18 heavy (non-hydrogen) atoms. The first-order chi connectivity index (χ1) is 8.31. The number of sulfone groups is 1. The Labute approximate surface area is 122 Å². The highest BCUT2D eigenvalue weighted by atomic mass is 127. The summed E-state index contributed by atoms with van der Waals surface area (Å²) in [6.45, 7) is 0. The molecule has 0 saturated heterocycles. The molecule has 0 aliphatic heterocycles. The lowest BCUT2D eigenvalue weighted by molar-refractivity contribution is 0.0513. The standard InChI is InChI=1S/C13H17IO3S/c1-18(16,17)12-3-2-8-13(12,15)9-10-4-6-11(14)7-5-10/h4-7,12,15H,2-3,8-9H2,1H3. The summed E-state index contributed by atoms with van der Waals surface area (Å²) in [5, 5.41) is 10.0. The van der Waals surface area contributed by atoms with Crippen LogP contribution in [0.4, 0.5) is 0 Å². The van der Waals surface area contributed by atoms with Gasteiger partial charge in [-0.2, -0.15) is 0 Å². The van der Waals surface area contributed by atoms with Crippen LogP contribution in [-0.2, 0) is 16.3 Å². The highest BCUT2D eigenvalue weighted by Gasteiger charge is 2.46. The fraction of sp³-hybridized carbons (Fsp3) is 0.538. The molecule has 0 heterocycles. The second kappa shape index (κ2) is 5.09. The van der Waals surface area contributed by atoms with Crippen molar-refractivity contribution in [2.75, 3.05) is 6.26 Å². The quantitative estimate of drug-likeness (QED) is 0.818. The molecule has 2 rings (SSSR count). The van der Waals surface area contributed by atoms with Crippen LogP contribution in [0.15, 0.2) is 24.3 Å². The van der Waals surface area contributed by atoms with E-state index in [1.54, 1.807) is 0 Å². The summed E-state index contributed by atoms with van der Waals surface area (Å²) in [5.74, 6) is 0. The van der Waals surface area contributed by atoms with E-state index in [1.807, 2.05) is 24.3 Å². The van der Waals surface area contributed by atoms with Gasteiger partial charge in [-0.05, 0) is 59.5 Å². The summed E-state index contributed by atoms with van der Waals surface area (Å²) in [7, 11) is -3.19. The van der Waals surface area contributed by atoms with E-state index >= 15 is 0 Å². The van der Waals surface area contributed by atoms with Gasteiger partial charge in [0.1, 0.15) is 0 Å². The Kier molecular flexibility index (Phi) is 4.04. The van der Waals surface area contributed by atoms with Gasteiger partial charge in [-0.25, -0.2) is 8.42 Å². The molecule has 3 nitrogen and oxygen atoms in total. The fourth-order valence-corrected chi connectivity index (χ4v) is 4.75. The molecule has 1 aliphatic carbocycles. The van der Waals surface area contributed by atoms with Crippen LogP contribution in [0.1, 0.15) is 24.8 Å². The predicted molar refractivity (Wildman–Crippen MR) is 80.3 cm³/mol. The van der Waals surface area contributed by atoms with E-state index in [4.69, 9.17) is 0 Å². The summed E-state index contributed by atoms with van der Waals surface area (Å²) in [6.07, 6.45) is 3.55. The molecule has 0 aromatic heterocycles. The summed E-state index contributed by atoms with van der Waals surface area (Å²) in [5.41, 5.74) is -0.103. The van der Waals surface area contributed by atoms with Gasteiger partial charge in [0.25, 0.3) is 0 Å². The maximum atomic E-state index is 11.7. The predicted octanol–water partition coefficient (Wildman–Crippen LogP) is 2.16. The normalized spacial score (nSPS) is 28.5. The molecule has 1 aromatic rings. The second-order valence-corrected chi connectivity index (χ2v) is 8.59. The lowest BCUT2D eigenvalue weighted by Gasteiger charge is -2.29. The zero-order chi connectivity index (χ0) is 13.4. The van der Waals surface area contributed by atoms with Crippen molar-refractivity contribution < 1.29 is 13.5 Å². The zero-order valence-corrected chi connectivity index (χ0v) is 13.2. The largest absolute Gasteiger partial charge is 0.388 e. The van der Waals surface area contributed by atoms with Crippen molar-refractivity contribution in [2.24, 2.45) is 0 Å². The van der Waals surface area contributed by atoms with Crippen LogP contribution >= 0.6 is 22.6 Å². The zero-order valence-electron chi connectivity index (χ0n) is 10.3. The molecule has 2 atom stereocenters. The Morgan fingerprint density at radius 3 is 2.56 bits per heavy atom. The summed E-state index contributed by atoms with van der Waals surface area (Å²) < 4.78 is 24.6. The van der Waals surface area contributed by atoms with Crippen molar-refractivity contribution in [3.63, 3.8) is 0 Å². The molecule has 5 heteroatoms. The number of aliphatic hydroxyl groups is 1. The van der Waals surface area contributed by atoms with Crippen molar-refractivity contribution in [3.8, 4) is 0 Å². The molecule has 100 valence electrons. The highest BCUT2D eigenvalue weighted by molar-refractivity contribution is 14.1. The third kappa shape index (κ3) is 3.05. The van der Waals surface area contributed by atoms with Crippen molar-refractivity contribution in [2.45, 2.75) is 36.5 Å². The first kappa shape index (κ1) is 14.3. The monoisotopic (exact) mass is 380 g/mol. The van der Waals surface area contributed by atoms with E-state index in [9.17, 15) is 13.5 Å². The van der Waals surface area contributed by atoms with Gasteiger partial charge in [0.05, 0.1) is 10.9 Å². The molecule has 0 amide bonds. The van der Waals surface area contributed by atoms with Crippen LogP contribution in [0.2, 0.25) is 0 Å². The van der Waals surface area contributed by atoms with Gasteiger partial charge in [-0.1, -0.05) is 12.1 Å². The molecular formula is C13H17IO3S. The van der Waals surface area contributed by atoms with Crippen molar-refractivity contribution >= 4 is 32.4 Å². The maximum absolute atomic E-state index is 11.7. The Balaban J connectivity index is 2.23. The molecule has 1 saturated carbocycles. The van der Waals surface area contributed by atoms with Gasteiger partial charge in [-0.15, -0.1) is 0 Å². The summed E-state index contributed by atoms with van der Waals surface area (Å²) in [4.78, 5) is 0. The minimum atomic E-state index is -3.19. The molecule has 0 radical (unpaired) electrons. The van der Waals surface area contributed by atoms with Crippen LogP contribution in [-0.4, -0.2) is 30.6 Å². The van der Waals surface area contributed by atoms with Gasteiger partial charge in [0.15, 0.2) is 9.84 Å². The average molecular weight is 380 g/mol. The van der Waals surface area contributed by atoms with Gasteiger partial charge < -0.3 is 5.11 Å². The van der Waals surface area contributed by atoms with Gasteiger partial charge in [-0.3, -0.25) is 0 Å². The van der Waals surface area contributed by atoms with E-state index in [1.165, 1.54) is 6.26 Å². The van der Waals surface area contributed by atoms with Crippen molar-refractivity contribution in [3.05, 3.63) is 33.4 Å². The average Bonchev–Trinajstić information content (AvgIpc) is 2.63. The molecule has 0 bridgehead atoms. The fourth-order valence-electron chi connectivity index (χ4n) is 2.79. The third-order valence-corrected chi connectivity index (χ3v) is 6.04. The number of rotatable bonds is 3. The van der Waals surface area contributed by atoms with Gasteiger partial charge in [0.2, 0.25) is 0 Å². The first-order valence-electron chi connectivity index (χ1n) is 5.97. The number of hydrogen-bond acceptors (Lipinski definition) is 3. The third-order valence-electron chi connectivity index (χ3n) is 3.62. The molecule has 1 aromatic carbocycles. The van der Waals surface area contributed by atoms with Gasteiger partial charge in [0, 0.05) is 16.2 Å². The Bertz CT molecular complexity index is 524. The minimum Gasteiger partial charge on any atom is -0.388 e. The first-order valence-corrected chi connectivity index (χ1v) is 9.00. The summed E-state index contributed by atoms with van der Waals surface area (Å²) in [6, 6.07) is 7.86. The number of hydrogen-bond donors (Lipinski definition) is 1. The van der Waals surface area contributed by atoms with E-state index in [2.05, 4.69) is 22.6 Å². The lowest BCUT2D eigenvalue weighted by Crippen LogP contribution is -2.44. The topological polar surface area (TPSA) is 54.4 Å². The van der Waals surface area contributed by atoms with Gasteiger partial charge >= 0.3 is 0 Å². The molecule has 1 aliphatic rings. The van der Waals surface area contributed by atoms with Crippen molar-refractivity contribution in [1.82, 2.24) is 0 Å². The highest BCUT2D eigenvalue weighted by Crippen LogP contribution is 2.37. The molecule has 1 fully saturated rings.